The number of aromatic nitrogens is 4. The minimum Gasteiger partial charge on any atom is -0.471 e. The number of ether oxygens (including phenoxy) is 1. The van der Waals surface area contributed by atoms with E-state index in [0.29, 0.717) is 28.7 Å². The van der Waals surface area contributed by atoms with E-state index in [0.717, 1.165) is 17.0 Å². The third-order valence-corrected chi connectivity index (χ3v) is 5.06. The standard InChI is InChI=1S/C23H22ClN5O2/c1-16-22(17(2)29(26-16)14-18-7-4-3-5-8-18)25-23(30)21-11-12-28(27-21)15-31-20-10-6-9-19(24)13-20/h3-13H,14-15H2,1-2H3,(H,25,30). The summed E-state index contributed by atoms with van der Waals surface area (Å²) in [5.41, 5.74) is 3.78. The number of hydrogen-bond donors (Lipinski definition) is 1. The highest BCUT2D eigenvalue weighted by atomic mass is 35.5. The molecule has 4 aromatic rings. The summed E-state index contributed by atoms with van der Waals surface area (Å²) in [5.74, 6) is 0.332. The molecular formula is C23H22ClN5O2. The number of halogens is 1. The maximum atomic E-state index is 12.7. The van der Waals surface area contributed by atoms with Crippen molar-refractivity contribution in [1.82, 2.24) is 19.6 Å². The highest BCUT2D eigenvalue weighted by Crippen LogP contribution is 2.21. The lowest BCUT2D eigenvalue weighted by Crippen LogP contribution is -2.15. The van der Waals surface area contributed by atoms with E-state index in [2.05, 4.69) is 15.5 Å². The minimum atomic E-state index is -0.299. The summed E-state index contributed by atoms with van der Waals surface area (Å²) >= 11 is 5.96. The first-order valence-electron chi connectivity index (χ1n) is 9.80. The highest BCUT2D eigenvalue weighted by molar-refractivity contribution is 6.30. The van der Waals surface area contributed by atoms with Crippen LogP contribution in [0, 0.1) is 13.8 Å². The van der Waals surface area contributed by atoms with E-state index in [9.17, 15) is 4.79 Å². The van der Waals surface area contributed by atoms with Crippen LogP contribution in [0.25, 0.3) is 0 Å². The Balaban J connectivity index is 1.42. The topological polar surface area (TPSA) is 74.0 Å². The Kier molecular flexibility index (Phi) is 6.04. The molecule has 2 heterocycles. The lowest BCUT2D eigenvalue weighted by atomic mass is 10.2. The second-order valence-corrected chi connectivity index (χ2v) is 7.55. The zero-order valence-electron chi connectivity index (χ0n) is 17.2. The summed E-state index contributed by atoms with van der Waals surface area (Å²) in [4.78, 5) is 12.7. The van der Waals surface area contributed by atoms with Gasteiger partial charge in [-0.2, -0.15) is 10.2 Å². The van der Waals surface area contributed by atoms with Crippen LogP contribution in [0.4, 0.5) is 5.69 Å². The van der Waals surface area contributed by atoms with Gasteiger partial charge in [0.15, 0.2) is 12.4 Å². The average Bonchev–Trinajstić information content (AvgIpc) is 3.34. The van der Waals surface area contributed by atoms with Crippen LogP contribution < -0.4 is 10.1 Å². The fraction of sp³-hybridized carbons (Fsp3) is 0.174. The summed E-state index contributed by atoms with van der Waals surface area (Å²) in [6.07, 6.45) is 1.69. The molecule has 1 amide bonds. The predicted molar refractivity (Wildman–Crippen MR) is 120 cm³/mol. The fourth-order valence-corrected chi connectivity index (χ4v) is 3.40. The van der Waals surface area contributed by atoms with Gasteiger partial charge >= 0.3 is 0 Å². The van der Waals surface area contributed by atoms with Gasteiger partial charge in [-0.25, -0.2) is 4.68 Å². The number of nitrogens with one attached hydrogen (secondary N) is 1. The number of carbonyl (C=O) groups is 1. The molecule has 0 unspecified atom stereocenters. The molecule has 8 heteroatoms. The Labute approximate surface area is 185 Å². The first-order chi connectivity index (χ1) is 15.0. The van der Waals surface area contributed by atoms with Crippen LogP contribution in [-0.2, 0) is 13.3 Å². The summed E-state index contributed by atoms with van der Waals surface area (Å²) < 4.78 is 9.09. The van der Waals surface area contributed by atoms with E-state index in [4.69, 9.17) is 16.3 Å². The Morgan fingerprint density at radius 3 is 2.65 bits per heavy atom. The number of carbonyl (C=O) groups excluding carboxylic acids is 1. The number of hydrogen-bond acceptors (Lipinski definition) is 4. The number of anilines is 1. The summed E-state index contributed by atoms with van der Waals surface area (Å²) in [7, 11) is 0. The smallest absolute Gasteiger partial charge is 0.276 e. The molecule has 4 rings (SSSR count). The molecule has 0 saturated carbocycles. The van der Waals surface area contributed by atoms with Gasteiger partial charge in [0.2, 0.25) is 0 Å². The van der Waals surface area contributed by atoms with Crippen LogP contribution in [0.15, 0.2) is 66.9 Å². The van der Waals surface area contributed by atoms with Gasteiger partial charge in [-0.1, -0.05) is 48.0 Å². The lowest BCUT2D eigenvalue weighted by Gasteiger charge is -2.07. The monoisotopic (exact) mass is 435 g/mol. The maximum Gasteiger partial charge on any atom is 0.276 e. The van der Waals surface area contributed by atoms with Crippen molar-refractivity contribution in [3.8, 4) is 5.75 Å². The van der Waals surface area contributed by atoms with E-state index in [1.807, 2.05) is 61.0 Å². The van der Waals surface area contributed by atoms with Crippen molar-refractivity contribution < 1.29 is 9.53 Å². The summed E-state index contributed by atoms with van der Waals surface area (Å²) in [6.45, 7) is 4.62. The lowest BCUT2D eigenvalue weighted by molar-refractivity contribution is 0.102. The van der Waals surface area contributed by atoms with Crippen LogP contribution in [0.2, 0.25) is 5.02 Å². The number of nitrogens with zero attached hydrogens (tertiary/aromatic N) is 4. The quantitative estimate of drug-likeness (QED) is 0.457. The molecule has 0 bridgehead atoms. The zero-order valence-corrected chi connectivity index (χ0v) is 18.0. The second-order valence-electron chi connectivity index (χ2n) is 7.11. The molecule has 158 valence electrons. The third kappa shape index (κ3) is 4.95. The van der Waals surface area contributed by atoms with Crippen molar-refractivity contribution in [3.05, 3.63) is 94.5 Å². The molecule has 0 radical (unpaired) electrons. The van der Waals surface area contributed by atoms with Crippen molar-refractivity contribution in [2.75, 3.05) is 5.32 Å². The number of rotatable bonds is 7. The van der Waals surface area contributed by atoms with Gasteiger partial charge in [-0.05, 0) is 43.7 Å². The maximum absolute atomic E-state index is 12.7. The van der Waals surface area contributed by atoms with E-state index in [-0.39, 0.29) is 12.6 Å². The van der Waals surface area contributed by atoms with Gasteiger partial charge in [-0.3, -0.25) is 9.48 Å². The van der Waals surface area contributed by atoms with Crippen LogP contribution in [0.1, 0.15) is 27.4 Å². The van der Waals surface area contributed by atoms with E-state index < -0.39 is 0 Å². The number of aryl methyl sites for hydroxylation is 1. The molecule has 1 N–H and O–H groups in total. The largest absolute Gasteiger partial charge is 0.471 e. The molecule has 7 nitrogen and oxygen atoms in total. The molecule has 0 spiro atoms. The molecule has 2 aromatic heterocycles. The van der Waals surface area contributed by atoms with E-state index in [1.54, 1.807) is 29.1 Å². The van der Waals surface area contributed by atoms with Gasteiger partial charge in [0.05, 0.1) is 23.6 Å². The first kappa shape index (κ1) is 20.7. The van der Waals surface area contributed by atoms with Crippen molar-refractivity contribution in [2.24, 2.45) is 0 Å². The van der Waals surface area contributed by atoms with Crippen molar-refractivity contribution in [2.45, 2.75) is 27.1 Å². The third-order valence-electron chi connectivity index (χ3n) is 4.83. The predicted octanol–water partition coefficient (Wildman–Crippen LogP) is 4.69. The van der Waals surface area contributed by atoms with Gasteiger partial charge < -0.3 is 10.1 Å². The molecule has 0 fully saturated rings. The normalized spacial score (nSPS) is 10.8. The molecule has 0 atom stereocenters. The minimum absolute atomic E-state index is 0.167. The van der Waals surface area contributed by atoms with Crippen molar-refractivity contribution in [1.29, 1.82) is 0 Å². The van der Waals surface area contributed by atoms with Crippen LogP contribution in [-0.4, -0.2) is 25.5 Å². The van der Waals surface area contributed by atoms with Crippen LogP contribution in [0.3, 0.4) is 0 Å². The summed E-state index contributed by atoms with van der Waals surface area (Å²) in [6, 6.07) is 18.8. The Morgan fingerprint density at radius 1 is 1.06 bits per heavy atom. The Morgan fingerprint density at radius 2 is 1.87 bits per heavy atom. The summed E-state index contributed by atoms with van der Waals surface area (Å²) in [5, 5.41) is 12.4. The number of benzene rings is 2. The molecule has 0 aliphatic heterocycles. The molecule has 0 aliphatic rings. The van der Waals surface area contributed by atoms with Crippen LogP contribution in [0.5, 0.6) is 5.75 Å². The Hall–Kier alpha value is -3.58. The molecule has 0 saturated heterocycles. The van der Waals surface area contributed by atoms with E-state index >= 15 is 0 Å². The zero-order chi connectivity index (χ0) is 21.8. The van der Waals surface area contributed by atoms with Crippen molar-refractivity contribution >= 4 is 23.2 Å². The van der Waals surface area contributed by atoms with Gasteiger partial charge in [0, 0.05) is 11.2 Å². The highest BCUT2D eigenvalue weighted by Gasteiger charge is 2.17. The van der Waals surface area contributed by atoms with Gasteiger partial charge in [0.1, 0.15) is 5.75 Å². The molecule has 31 heavy (non-hydrogen) atoms. The Bertz CT molecular complexity index is 1200. The number of amides is 1. The molecule has 0 aliphatic carbocycles. The van der Waals surface area contributed by atoms with Gasteiger partial charge in [0.25, 0.3) is 5.91 Å². The molecular weight excluding hydrogens is 414 g/mol. The second kappa shape index (κ2) is 9.06. The first-order valence-corrected chi connectivity index (χ1v) is 10.2. The molecule has 2 aromatic carbocycles. The average molecular weight is 436 g/mol. The van der Waals surface area contributed by atoms with Crippen LogP contribution >= 0.6 is 11.6 Å². The fourth-order valence-electron chi connectivity index (χ4n) is 3.22. The van der Waals surface area contributed by atoms with E-state index in [1.165, 1.54) is 0 Å². The van der Waals surface area contributed by atoms with Gasteiger partial charge in [-0.15, -0.1) is 0 Å². The van der Waals surface area contributed by atoms with Crippen molar-refractivity contribution in [3.63, 3.8) is 0 Å². The SMILES string of the molecule is Cc1nn(Cc2ccccc2)c(C)c1NC(=O)c1ccn(COc2cccc(Cl)c2)n1.